The molecular formula is C17H20F3N5O2. The summed E-state index contributed by atoms with van der Waals surface area (Å²) in [5.41, 5.74) is 0.720. The topological polar surface area (TPSA) is 72.3 Å². The molecule has 0 unspecified atom stereocenters. The first kappa shape index (κ1) is 19.2. The summed E-state index contributed by atoms with van der Waals surface area (Å²) in [5.74, 6) is -0.671. The first-order chi connectivity index (χ1) is 12.8. The molecule has 1 amide bonds. The van der Waals surface area contributed by atoms with Crippen LogP contribution in [0.2, 0.25) is 0 Å². The third kappa shape index (κ3) is 5.19. The van der Waals surface area contributed by atoms with Gasteiger partial charge in [-0.05, 0) is 43.6 Å². The molecule has 0 atom stereocenters. The lowest BCUT2D eigenvalue weighted by atomic mass is 10.1. The van der Waals surface area contributed by atoms with Gasteiger partial charge in [0.15, 0.2) is 5.69 Å². The van der Waals surface area contributed by atoms with Crippen molar-refractivity contribution in [2.45, 2.75) is 31.8 Å². The maximum absolute atomic E-state index is 12.5. The molecule has 1 aliphatic rings. The lowest BCUT2D eigenvalue weighted by Gasteiger charge is -2.22. The molecule has 2 heterocycles. The van der Waals surface area contributed by atoms with Crippen LogP contribution >= 0.6 is 0 Å². The number of hydrogen-bond donors (Lipinski definition) is 1. The van der Waals surface area contributed by atoms with Crippen molar-refractivity contribution in [3.8, 4) is 5.75 Å². The van der Waals surface area contributed by atoms with Crippen LogP contribution in [0.1, 0.15) is 34.9 Å². The van der Waals surface area contributed by atoms with E-state index in [9.17, 15) is 18.0 Å². The molecule has 146 valence electrons. The minimum Gasteiger partial charge on any atom is -0.406 e. The Bertz CT molecular complexity index is 787. The van der Waals surface area contributed by atoms with Crippen molar-refractivity contribution in [3.63, 3.8) is 0 Å². The molecule has 7 nitrogen and oxygen atoms in total. The molecule has 1 fully saturated rings. The smallest absolute Gasteiger partial charge is 0.406 e. The highest BCUT2D eigenvalue weighted by Gasteiger charge is 2.31. The Kier molecular flexibility index (Phi) is 5.64. The van der Waals surface area contributed by atoms with Gasteiger partial charge in [-0.2, -0.15) is 0 Å². The summed E-state index contributed by atoms with van der Waals surface area (Å²) in [7, 11) is 1.56. The summed E-state index contributed by atoms with van der Waals surface area (Å²) in [4.78, 5) is 13.9. The zero-order chi connectivity index (χ0) is 19.4. The van der Waals surface area contributed by atoms with Crippen molar-refractivity contribution in [1.82, 2.24) is 25.2 Å². The zero-order valence-corrected chi connectivity index (χ0v) is 14.7. The molecule has 1 N–H and O–H groups in total. The number of piperidine rings is 1. The molecule has 0 saturated carbocycles. The Morgan fingerprint density at radius 2 is 2.11 bits per heavy atom. The van der Waals surface area contributed by atoms with E-state index in [0.29, 0.717) is 5.56 Å². The number of ether oxygens (including phenoxy) is 1. The van der Waals surface area contributed by atoms with Gasteiger partial charge >= 0.3 is 6.36 Å². The van der Waals surface area contributed by atoms with Crippen LogP contribution < -0.4 is 10.1 Å². The van der Waals surface area contributed by atoms with Gasteiger partial charge in [0.25, 0.3) is 5.91 Å². The Hall–Kier alpha value is -2.62. The number of hydrogen-bond acceptors (Lipinski definition) is 5. The number of amides is 1. The van der Waals surface area contributed by atoms with Crippen LogP contribution in [-0.4, -0.2) is 52.3 Å². The Labute approximate surface area is 154 Å². The molecule has 1 aromatic heterocycles. The monoisotopic (exact) mass is 383 g/mol. The normalized spacial score (nSPS) is 15.6. The summed E-state index contributed by atoms with van der Waals surface area (Å²) >= 11 is 0. The van der Waals surface area contributed by atoms with E-state index in [-0.39, 0.29) is 29.9 Å². The summed E-state index contributed by atoms with van der Waals surface area (Å²) in [6, 6.07) is 5.75. The van der Waals surface area contributed by atoms with E-state index in [4.69, 9.17) is 0 Å². The van der Waals surface area contributed by atoms with Gasteiger partial charge in [0.05, 0.1) is 12.2 Å². The van der Waals surface area contributed by atoms with Gasteiger partial charge in [0.2, 0.25) is 0 Å². The molecule has 3 rings (SSSR count). The Morgan fingerprint density at radius 3 is 2.81 bits per heavy atom. The second-order valence-electron chi connectivity index (χ2n) is 6.42. The predicted molar refractivity (Wildman–Crippen MR) is 90.1 cm³/mol. The average Bonchev–Trinajstić information content (AvgIpc) is 3.10. The minimum absolute atomic E-state index is 0.119. The molecule has 10 heteroatoms. The van der Waals surface area contributed by atoms with E-state index in [1.54, 1.807) is 24.0 Å². The van der Waals surface area contributed by atoms with Gasteiger partial charge in [-0.1, -0.05) is 17.3 Å². The van der Waals surface area contributed by atoms with E-state index < -0.39 is 6.36 Å². The van der Waals surface area contributed by atoms with E-state index in [1.807, 2.05) is 0 Å². The number of halogens is 3. The highest BCUT2D eigenvalue weighted by atomic mass is 19.4. The lowest BCUT2D eigenvalue weighted by molar-refractivity contribution is -0.274. The van der Waals surface area contributed by atoms with Gasteiger partial charge < -0.3 is 15.0 Å². The Balaban J connectivity index is 1.64. The quantitative estimate of drug-likeness (QED) is 0.858. The molecule has 0 radical (unpaired) electrons. The van der Waals surface area contributed by atoms with Gasteiger partial charge in [-0.25, -0.2) is 4.68 Å². The number of carbonyl (C=O) groups excluding carboxylic acids is 1. The largest absolute Gasteiger partial charge is 0.573 e. The number of alkyl halides is 3. The maximum Gasteiger partial charge on any atom is 0.573 e. The van der Waals surface area contributed by atoms with Crippen molar-refractivity contribution >= 4 is 5.91 Å². The van der Waals surface area contributed by atoms with E-state index >= 15 is 0 Å². The number of aromatic nitrogens is 3. The highest BCUT2D eigenvalue weighted by molar-refractivity contribution is 5.91. The fourth-order valence-electron chi connectivity index (χ4n) is 3.01. The zero-order valence-electron chi connectivity index (χ0n) is 14.7. The molecule has 1 aliphatic heterocycles. The van der Waals surface area contributed by atoms with Crippen molar-refractivity contribution in [3.05, 3.63) is 41.7 Å². The minimum atomic E-state index is -4.76. The van der Waals surface area contributed by atoms with Gasteiger partial charge in [0.1, 0.15) is 5.75 Å². The van der Waals surface area contributed by atoms with Gasteiger partial charge in [-0.3, -0.25) is 4.79 Å². The first-order valence-corrected chi connectivity index (χ1v) is 8.54. The molecular weight excluding hydrogens is 363 g/mol. The molecule has 1 saturated heterocycles. The van der Waals surface area contributed by atoms with Gasteiger partial charge in [0, 0.05) is 13.6 Å². The average molecular weight is 383 g/mol. The standard InChI is InChI=1S/C17H20F3N5O2/c1-24(10-12-3-2-4-14(9-12)27-17(18,19)20)16(26)15-11-25(23-22-15)13-5-7-21-8-6-13/h2-4,9,11,13,21H,5-8,10H2,1H3. The second kappa shape index (κ2) is 7.95. The van der Waals surface area contributed by atoms with Crippen LogP contribution in [-0.2, 0) is 6.54 Å². The molecule has 0 bridgehead atoms. The van der Waals surface area contributed by atoms with E-state index in [2.05, 4.69) is 20.4 Å². The summed E-state index contributed by atoms with van der Waals surface area (Å²) in [6.07, 6.45) is -1.30. The van der Waals surface area contributed by atoms with Crippen LogP contribution in [0.5, 0.6) is 5.75 Å². The van der Waals surface area contributed by atoms with Crippen molar-refractivity contribution in [2.75, 3.05) is 20.1 Å². The van der Waals surface area contributed by atoms with Crippen molar-refractivity contribution in [2.24, 2.45) is 0 Å². The van der Waals surface area contributed by atoms with Crippen molar-refractivity contribution < 1.29 is 22.7 Å². The van der Waals surface area contributed by atoms with Crippen LogP contribution in [0, 0.1) is 0 Å². The Morgan fingerprint density at radius 1 is 1.37 bits per heavy atom. The number of carbonyl (C=O) groups is 1. The van der Waals surface area contributed by atoms with E-state index in [0.717, 1.165) is 25.9 Å². The molecule has 27 heavy (non-hydrogen) atoms. The van der Waals surface area contributed by atoms with Crippen LogP contribution in [0.4, 0.5) is 13.2 Å². The summed E-state index contributed by atoms with van der Waals surface area (Å²) in [6.45, 7) is 1.90. The fraction of sp³-hybridized carbons (Fsp3) is 0.471. The lowest BCUT2D eigenvalue weighted by Crippen LogP contribution is -2.29. The molecule has 2 aromatic rings. The first-order valence-electron chi connectivity index (χ1n) is 8.54. The van der Waals surface area contributed by atoms with Crippen LogP contribution in [0.25, 0.3) is 0 Å². The number of benzene rings is 1. The third-order valence-corrected chi connectivity index (χ3v) is 4.31. The van der Waals surface area contributed by atoms with Crippen molar-refractivity contribution in [1.29, 1.82) is 0 Å². The second-order valence-corrected chi connectivity index (χ2v) is 6.42. The third-order valence-electron chi connectivity index (χ3n) is 4.31. The highest BCUT2D eigenvalue weighted by Crippen LogP contribution is 2.24. The summed E-state index contributed by atoms with van der Waals surface area (Å²) < 4.78 is 42.6. The van der Waals surface area contributed by atoms with Crippen LogP contribution in [0.3, 0.4) is 0 Å². The molecule has 0 aliphatic carbocycles. The number of rotatable bonds is 5. The number of nitrogens with one attached hydrogen (secondary N) is 1. The fourth-order valence-corrected chi connectivity index (χ4v) is 3.01. The molecule has 1 aromatic carbocycles. The maximum atomic E-state index is 12.5. The predicted octanol–water partition coefficient (Wildman–Crippen LogP) is 2.37. The van der Waals surface area contributed by atoms with Gasteiger partial charge in [-0.15, -0.1) is 18.3 Å². The molecule has 0 spiro atoms. The van der Waals surface area contributed by atoms with Crippen LogP contribution in [0.15, 0.2) is 30.5 Å². The SMILES string of the molecule is CN(Cc1cccc(OC(F)(F)F)c1)C(=O)c1cn(C2CCNCC2)nn1. The summed E-state index contributed by atoms with van der Waals surface area (Å²) in [5, 5.41) is 11.3. The van der Waals surface area contributed by atoms with E-state index in [1.165, 1.54) is 23.1 Å². The number of nitrogens with zero attached hydrogens (tertiary/aromatic N) is 4.